The molecule has 4 rings (SSSR count). The molecule has 2 fully saturated rings. The van der Waals surface area contributed by atoms with Crippen LogP contribution >= 0.6 is 0 Å². The van der Waals surface area contributed by atoms with E-state index < -0.39 is 18.2 Å². The fourth-order valence-corrected chi connectivity index (χ4v) is 5.55. The summed E-state index contributed by atoms with van der Waals surface area (Å²) in [7, 11) is 0. The first-order valence-electron chi connectivity index (χ1n) is 13.5. The maximum Gasteiger partial charge on any atom is 0.334 e. The molecule has 1 N–H and O–H groups in total. The van der Waals surface area contributed by atoms with Crippen molar-refractivity contribution in [3.63, 3.8) is 0 Å². The number of benzene rings is 2. The van der Waals surface area contributed by atoms with Crippen molar-refractivity contribution in [3.05, 3.63) is 71.5 Å². The molecule has 2 aliphatic rings. The molecule has 206 valence electrons. The summed E-state index contributed by atoms with van der Waals surface area (Å²) in [5.74, 6) is 1.65. The lowest BCUT2D eigenvalue weighted by Gasteiger charge is -2.56. The number of nitrogens with zero attached hydrogens (tertiary/aromatic N) is 4. The van der Waals surface area contributed by atoms with Gasteiger partial charge in [-0.15, -0.1) is 6.42 Å². The van der Waals surface area contributed by atoms with E-state index in [9.17, 15) is 18.8 Å². The molecule has 8 nitrogen and oxygen atoms in total. The van der Waals surface area contributed by atoms with Crippen molar-refractivity contribution >= 4 is 17.8 Å². The first kappa shape index (κ1) is 28.1. The van der Waals surface area contributed by atoms with Crippen LogP contribution in [-0.4, -0.2) is 69.5 Å². The van der Waals surface area contributed by atoms with Crippen molar-refractivity contribution in [2.45, 2.75) is 58.4 Å². The van der Waals surface area contributed by atoms with E-state index in [1.165, 1.54) is 17.1 Å². The van der Waals surface area contributed by atoms with E-state index in [-0.39, 0.29) is 49.2 Å². The summed E-state index contributed by atoms with van der Waals surface area (Å²) in [4.78, 5) is 44.6. The Morgan fingerprint density at radius 1 is 1.10 bits per heavy atom. The number of carbonyl (C=O) groups is 3. The van der Waals surface area contributed by atoms with Crippen LogP contribution in [0.25, 0.3) is 0 Å². The maximum absolute atomic E-state index is 14.1. The monoisotopic (exact) mass is 533 g/mol. The second kappa shape index (κ2) is 12.3. The summed E-state index contributed by atoms with van der Waals surface area (Å²) in [5, 5.41) is 6.05. The molecule has 0 spiro atoms. The normalized spacial score (nSPS) is 21.3. The molecule has 4 atom stereocenters. The SMILES string of the molecule is C#CCN1CC(=O)N2[C@@H](C(C)CC)C(=O)N(C(CC)c3ccc(F)cc3)C[C@@H]2N1C(=O)NCc1ccccc1. The van der Waals surface area contributed by atoms with E-state index in [1.807, 2.05) is 51.1 Å². The number of fused-ring (bicyclic) bond motifs is 1. The summed E-state index contributed by atoms with van der Waals surface area (Å²) in [6, 6.07) is 14.2. The smallest absolute Gasteiger partial charge is 0.333 e. The molecule has 2 saturated heterocycles. The van der Waals surface area contributed by atoms with Gasteiger partial charge >= 0.3 is 6.03 Å². The Hall–Kier alpha value is -3.90. The molecule has 9 heteroatoms. The second-order valence-electron chi connectivity index (χ2n) is 10.1. The first-order valence-corrected chi connectivity index (χ1v) is 13.5. The Bertz CT molecular complexity index is 1220. The van der Waals surface area contributed by atoms with Gasteiger partial charge in [-0.1, -0.05) is 75.6 Å². The van der Waals surface area contributed by atoms with E-state index in [1.54, 1.807) is 26.9 Å². The number of piperazine rings is 1. The molecule has 2 aliphatic heterocycles. The van der Waals surface area contributed by atoms with Crippen molar-refractivity contribution in [1.82, 2.24) is 25.1 Å². The minimum atomic E-state index is -0.749. The molecule has 2 aromatic rings. The lowest BCUT2D eigenvalue weighted by atomic mass is 9.90. The highest BCUT2D eigenvalue weighted by Crippen LogP contribution is 2.36. The molecule has 4 amide bonds. The molecule has 2 heterocycles. The number of carbonyl (C=O) groups excluding carboxylic acids is 3. The minimum Gasteiger partial charge on any atom is -0.333 e. The maximum atomic E-state index is 14.1. The zero-order chi connectivity index (χ0) is 28.1. The standard InChI is InChI=1S/C30H36FN5O3/c1-5-17-33-20-27(37)35-26(36(33)30(39)32-18-22-11-9-8-10-12-22)19-34(29(38)28(35)21(4)6-2)25(7-3)23-13-15-24(31)16-14-23/h1,8-16,21,25-26,28H,6-7,17-20H2,2-4H3,(H,32,39)/t21?,25?,26-,28-/m0/s1. The summed E-state index contributed by atoms with van der Waals surface area (Å²) in [5.41, 5.74) is 1.73. The molecule has 2 aromatic carbocycles. The van der Waals surface area contributed by atoms with Crippen molar-refractivity contribution in [2.75, 3.05) is 19.6 Å². The third kappa shape index (κ3) is 5.76. The van der Waals surface area contributed by atoms with Crippen LogP contribution in [0.1, 0.15) is 50.8 Å². The summed E-state index contributed by atoms with van der Waals surface area (Å²) in [6.07, 6.45) is 6.14. The molecular formula is C30H36FN5O3. The number of hydrazine groups is 1. The minimum absolute atomic E-state index is 0.0615. The van der Waals surface area contributed by atoms with Crippen LogP contribution in [0.4, 0.5) is 9.18 Å². The van der Waals surface area contributed by atoms with Gasteiger partial charge in [0.15, 0.2) is 0 Å². The van der Waals surface area contributed by atoms with E-state index >= 15 is 0 Å². The van der Waals surface area contributed by atoms with Gasteiger partial charge in [-0.05, 0) is 35.6 Å². The predicted octanol–water partition coefficient (Wildman–Crippen LogP) is 3.76. The molecular weight excluding hydrogens is 497 g/mol. The molecule has 0 aromatic heterocycles. The topological polar surface area (TPSA) is 76.2 Å². The number of nitrogens with one attached hydrogen (secondary N) is 1. The van der Waals surface area contributed by atoms with Crippen molar-refractivity contribution in [3.8, 4) is 12.3 Å². The average Bonchev–Trinajstić information content (AvgIpc) is 2.94. The Morgan fingerprint density at radius 3 is 2.41 bits per heavy atom. The fraction of sp³-hybridized carbons (Fsp3) is 0.433. The van der Waals surface area contributed by atoms with E-state index in [0.717, 1.165) is 11.1 Å². The van der Waals surface area contributed by atoms with Crippen LogP contribution in [0.5, 0.6) is 0 Å². The predicted molar refractivity (Wildman–Crippen MR) is 146 cm³/mol. The Balaban J connectivity index is 1.73. The van der Waals surface area contributed by atoms with Crippen LogP contribution in [0.15, 0.2) is 54.6 Å². The lowest BCUT2D eigenvalue weighted by molar-refractivity contribution is -0.194. The molecule has 0 saturated carbocycles. The number of urea groups is 1. The number of amides is 4. The Labute approximate surface area is 229 Å². The van der Waals surface area contributed by atoms with Gasteiger partial charge in [0.05, 0.1) is 25.7 Å². The van der Waals surface area contributed by atoms with Crippen molar-refractivity contribution in [2.24, 2.45) is 5.92 Å². The second-order valence-corrected chi connectivity index (χ2v) is 10.1. The van der Waals surface area contributed by atoms with Crippen molar-refractivity contribution < 1.29 is 18.8 Å². The molecule has 39 heavy (non-hydrogen) atoms. The Morgan fingerprint density at radius 2 is 1.79 bits per heavy atom. The van der Waals surface area contributed by atoms with E-state index in [0.29, 0.717) is 19.4 Å². The number of hydrogen-bond acceptors (Lipinski definition) is 4. The van der Waals surface area contributed by atoms with Crippen molar-refractivity contribution in [1.29, 1.82) is 0 Å². The summed E-state index contributed by atoms with van der Waals surface area (Å²) < 4.78 is 13.7. The third-order valence-electron chi connectivity index (χ3n) is 7.68. The third-order valence-corrected chi connectivity index (χ3v) is 7.68. The number of halogens is 1. The lowest BCUT2D eigenvalue weighted by Crippen LogP contribution is -2.77. The van der Waals surface area contributed by atoms with E-state index in [2.05, 4.69) is 11.2 Å². The van der Waals surface area contributed by atoms with Gasteiger partial charge in [0.2, 0.25) is 11.8 Å². The zero-order valence-electron chi connectivity index (χ0n) is 22.7. The Kier molecular flexibility index (Phi) is 8.87. The van der Waals surface area contributed by atoms with E-state index in [4.69, 9.17) is 6.42 Å². The van der Waals surface area contributed by atoms with Gasteiger partial charge in [-0.2, -0.15) is 5.01 Å². The van der Waals surface area contributed by atoms with Crippen LogP contribution in [-0.2, 0) is 16.1 Å². The highest BCUT2D eigenvalue weighted by Gasteiger charge is 2.53. The summed E-state index contributed by atoms with van der Waals surface area (Å²) >= 11 is 0. The summed E-state index contributed by atoms with van der Waals surface area (Å²) in [6.45, 7) is 6.25. The zero-order valence-corrected chi connectivity index (χ0v) is 22.7. The van der Waals surface area contributed by atoms with Gasteiger partial charge in [-0.25, -0.2) is 14.2 Å². The molecule has 2 unspecified atom stereocenters. The highest BCUT2D eigenvalue weighted by molar-refractivity contribution is 5.92. The average molecular weight is 534 g/mol. The van der Waals surface area contributed by atoms with Gasteiger partial charge in [0.25, 0.3) is 0 Å². The van der Waals surface area contributed by atoms with Gasteiger partial charge in [0.1, 0.15) is 18.0 Å². The van der Waals surface area contributed by atoms with Crippen LogP contribution < -0.4 is 5.32 Å². The number of terminal acetylenes is 1. The number of hydrogen-bond donors (Lipinski definition) is 1. The van der Waals surface area contributed by atoms with Crippen LogP contribution in [0.3, 0.4) is 0 Å². The largest absolute Gasteiger partial charge is 0.334 e. The van der Waals surface area contributed by atoms with Gasteiger partial charge in [-0.3, -0.25) is 9.59 Å². The first-order chi connectivity index (χ1) is 18.8. The molecule has 0 aliphatic carbocycles. The van der Waals surface area contributed by atoms with Gasteiger partial charge < -0.3 is 15.1 Å². The molecule has 0 radical (unpaired) electrons. The highest BCUT2D eigenvalue weighted by atomic mass is 19.1. The van der Waals surface area contributed by atoms with Crippen LogP contribution in [0, 0.1) is 24.1 Å². The fourth-order valence-electron chi connectivity index (χ4n) is 5.55. The number of rotatable bonds is 8. The van der Waals surface area contributed by atoms with Gasteiger partial charge in [0, 0.05) is 6.54 Å². The van der Waals surface area contributed by atoms with Crippen LogP contribution in [0.2, 0.25) is 0 Å². The molecule has 0 bridgehead atoms. The quantitative estimate of drug-likeness (QED) is 0.525.